The Balaban J connectivity index is 2.34. The van der Waals surface area contributed by atoms with Crippen LogP contribution in [0.5, 0.6) is 0 Å². The molecule has 1 aromatic rings. The number of benzene rings is 1. The van der Waals surface area contributed by atoms with Crippen LogP contribution in [0, 0.1) is 17.5 Å². The zero-order valence-corrected chi connectivity index (χ0v) is 13.2. The molecule has 0 spiro atoms. The number of carbonyl (C=O) groups excluding carboxylic acids is 1. The molecule has 0 saturated carbocycles. The first kappa shape index (κ1) is 17.5. The molecule has 10 heteroatoms. The first-order chi connectivity index (χ1) is 10.8. The highest BCUT2D eigenvalue weighted by Gasteiger charge is 2.35. The Morgan fingerprint density at radius 3 is 2.48 bits per heavy atom. The smallest absolute Gasteiger partial charge is 0.407 e. The van der Waals surface area contributed by atoms with Crippen LogP contribution < -0.4 is 0 Å². The Labute approximate surface area is 137 Å². The number of aliphatic hydroxyl groups excluding tert-OH is 1. The summed E-state index contributed by atoms with van der Waals surface area (Å²) in [6.45, 7) is -1.07. The van der Waals surface area contributed by atoms with E-state index in [1.165, 1.54) is 0 Å². The highest BCUT2D eigenvalue weighted by atomic mass is 79.9. The maximum Gasteiger partial charge on any atom is 0.407 e. The van der Waals surface area contributed by atoms with E-state index < -0.39 is 52.1 Å². The van der Waals surface area contributed by atoms with Gasteiger partial charge < -0.3 is 20.0 Å². The molecule has 0 bridgehead atoms. The number of nitrogens with zero attached hydrogens (tertiary/aromatic N) is 2. The van der Waals surface area contributed by atoms with Gasteiger partial charge in [-0.15, -0.1) is 0 Å². The first-order valence-electron chi connectivity index (χ1n) is 6.50. The average molecular weight is 397 g/mol. The number of carboxylic acid groups (broad SMARTS) is 1. The highest BCUT2D eigenvalue weighted by Crippen LogP contribution is 2.26. The number of aliphatic hydroxyl groups is 1. The van der Waals surface area contributed by atoms with Crippen molar-refractivity contribution >= 4 is 27.9 Å². The van der Waals surface area contributed by atoms with Gasteiger partial charge in [-0.05, 0) is 22.0 Å². The third kappa shape index (κ3) is 3.27. The third-order valence-electron chi connectivity index (χ3n) is 3.55. The summed E-state index contributed by atoms with van der Waals surface area (Å²) in [5, 5.41) is 18.2. The van der Waals surface area contributed by atoms with Crippen molar-refractivity contribution in [2.24, 2.45) is 0 Å². The topological polar surface area (TPSA) is 81.1 Å². The van der Waals surface area contributed by atoms with Gasteiger partial charge in [0.1, 0.15) is 11.4 Å². The van der Waals surface area contributed by atoms with Gasteiger partial charge >= 0.3 is 6.09 Å². The van der Waals surface area contributed by atoms with Crippen molar-refractivity contribution in [1.82, 2.24) is 9.80 Å². The second kappa shape index (κ2) is 6.75. The van der Waals surface area contributed by atoms with Crippen molar-refractivity contribution in [1.29, 1.82) is 0 Å². The molecular formula is C13H12BrF3N2O4. The molecule has 1 fully saturated rings. The van der Waals surface area contributed by atoms with Crippen LogP contribution >= 0.6 is 15.9 Å². The lowest BCUT2D eigenvalue weighted by Crippen LogP contribution is -2.57. The number of rotatable bonds is 2. The van der Waals surface area contributed by atoms with E-state index in [2.05, 4.69) is 15.9 Å². The minimum atomic E-state index is -1.64. The fourth-order valence-corrected chi connectivity index (χ4v) is 2.73. The van der Waals surface area contributed by atoms with Crippen LogP contribution in [0.25, 0.3) is 0 Å². The van der Waals surface area contributed by atoms with Crippen LogP contribution in [0.15, 0.2) is 10.5 Å². The first-order valence-corrected chi connectivity index (χ1v) is 7.29. The van der Waals surface area contributed by atoms with Gasteiger partial charge in [0, 0.05) is 19.6 Å². The fraction of sp³-hybridized carbons (Fsp3) is 0.385. The molecule has 1 saturated heterocycles. The molecule has 2 amide bonds. The van der Waals surface area contributed by atoms with Gasteiger partial charge in [0.2, 0.25) is 0 Å². The largest absolute Gasteiger partial charge is 0.465 e. The number of carbonyl (C=O) groups is 2. The van der Waals surface area contributed by atoms with Gasteiger partial charge in [-0.2, -0.15) is 0 Å². The zero-order chi connectivity index (χ0) is 17.3. The Kier molecular flexibility index (Phi) is 5.15. The normalized spacial score (nSPS) is 18.2. The average Bonchev–Trinajstić information content (AvgIpc) is 2.51. The molecule has 2 rings (SSSR count). The quantitative estimate of drug-likeness (QED) is 0.588. The summed E-state index contributed by atoms with van der Waals surface area (Å²) >= 11 is 2.63. The Morgan fingerprint density at radius 2 is 1.91 bits per heavy atom. The van der Waals surface area contributed by atoms with E-state index >= 15 is 0 Å². The number of amides is 2. The Morgan fingerprint density at radius 1 is 1.26 bits per heavy atom. The summed E-state index contributed by atoms with van der Waals surface area (Å²) in [5.41, 5.74) is -1.08. The summed E-state index contributed by atoms with van der Waals surface area (Å²) in [5.74, 6) is -5.44. The molecule has 1 aromatic carbocycles. The van der Waals surface area contributed by atoms with Gasteiger partial charge in [0.15, 0.2) is 11.6 Å². The van der Waals surface area contributed by atoms with Crippen LogP contribution in [0.1, 0.15) is 10.4 Å². The summed E-state index contributed by atoms with van der Waals surface area (Å²) in [7, 11) is 0. The molecule has 126 valence electrons. The fourth-order valence-electron chi connectivity index (χ4n) is 2.36. The van der Waals surface area contributed by atoms with E-state index in [1.54, 1.807) is 0 Å². The summed E-state index contributed by atoms with van der Waals surface area (Å²) in [6.07, 6.45) is -1.23. The van der Waals surface area contributed by atoms with Gasteiger partial charge in [0.25, 0.3) is 5.91 Å². The molecule has 6 nitrogen and oxygen atoms in total. The van der Waals surface area contributed by atoms with Crippen molar-refractivity contribution in [3.05, 3.63) is 33.6 Å². The van der Waals surface area contributed by atoms with Crippen LogP contribution in [-0.4, -0.2) is 64.3 Å². The number of halogens is 4. The Hall–Kier alpha value is -1.81. The van der Waals surface area contributed by atoms with E-state index in [-0.39, 0.29) is 19.6 Å². The molecule has 1 heterocycles. The molecule has 1 unspecified atom stereocenters. The number of hydrogen-bond donors (Lipinski definition) is 2. The van der Waals surface area contributed by atoms with Gasteiger partial charge in [-0.1, -0.05) is 0 Å². The monoisotopic (exact) mass is 396 g/mol. The van der Waals surface area contributed by atoms with Crippen molar-refractivity contribution < 1.29 is 33.0 Å². The van der Waals surface area contributed by atoms with Gasteiger partial charge in [-0.25, -0.2) is 18.0 Å². The molecule has 0 radical (unpaired) electrons. The van der Waals surface area contributed by atoms with E-state index in [0.29, 0.717) is 6.07 Å². The SMILES string of the molecule is O=C(O)N1CCN(C(=O)c2c(F)cc(Br)c(F)c2F)C(CO)C1. The number of hydrogen-bond acceptors (Lipinski definition) is 3. The van der Waals surface area contributed by atoms with E-state index in [1.807, 2.05) is 0 Å². The van der Waals surface area contributed by atoms with Crippen LogP contribution in [0.3, 0.4) is 0 Å². The van der Waals surface area contributed by atoms with Gasteiger partial charge in [0.05, 0.1) is 17.1 Å². The van der Waals surface area contributed by atoms with Crippen molar-refractivity contribution in [3.63, 3.8) is 0 Å². The minimum absolute atomic E-state index is 0.0835. The summed E-state index contributed by atoms with van der Waals surface area (Å²) in [4.78, 5) is 25.2. The van der Waals surface area contributed by atoms with Crippen molar-refractivity contribution in [2.75, 3.05) is 26.2 Å². The predicted molar refractivity (Wildman–Crippen MR) is 75.5 cm³/mol. The van der Waals surface area contributed by atoms with E-state index in [9.17, 15) is 27.9 Å². The third-order valence-corrected chi connectivity index (χ3v) is 4.13. The lowest BCUT2D eigenvalue weighted by molar-refractivity contribution is 0.0302. The van der Waals surface area contributed by atoms with Gasteiger partial charge in [-0.3, -0.25) is 4.79 Å². The molecule has 0 aromatic heterocycles. The molecule has 23 heavy (non-hydrogen) atoms. The maximum atomic E-state index is 13.9. The van der Waals surface area contributed by atoms with Crippen LogP contribution in [0.2, 0.25) is 0 Å². The molecule has 2 N–H and O–H groups in total. The predicted octanol–water partition coefficient (Wildman–Crippen LogP) is 1.66. The maximum absolute atomic E-state index is 13.9. The number of piperazine rings is 1. The second-order valence-electron chi connectivity index (χ2n) is 4.91. The molecule has 1 atom stereocenters. The second-order valence-corrected chi connectivity index (χ2v) is 5.76. The molecule has 1 aliphatic rings. The summed E-state index contributed by atoms with van der Waals surface area (Å²) < 4.78 is 40.9. The lowest BCUT2D eigenvalue weighted by Gasteiger charge is -2.39. The van der Waals surface area contributed by atoms with E-state index in [4.69, 9.17) is 5.11 Å². The lowest BCUT2D eigenvalue weighted by atomic mass is 10.1. The minimum Gasteiger partial charge on any atom is -0.465 e. The standard InChI is InChI=1S/C13H12BrF3N2O4/c14-7-3-8(15)9(11(17)10(7)16)12(21)19-2-1-18(13(22)23)4-6(19)5-20/h3,6,20H,1-2,4-5H2,(H,22,23). The van der Waals surface area contributed by atoms with Crippen LogP contribution in [-0.2, 0) is 0 Å². The van der Waals surface area contributed by atoms with Crippen molar-refractivity contribution in [3.8, 4) is 0 Å². The van der Waals surface area contributed by atoms with Crippen LogP contribution in [0.4, 0.5) is 18.0 Å². The molecule has 1 aliphatic heterocycles. The highest BCUT2D eigenvalue weighted by molar-refractivity contribution is 9.10. The molecule has 0 aliphatic carbocycles. The van der Waals surface area contributed by atoms with E-state index in [0.717, 1.165) is 9.80 Å². The molecular weight excluding hydrogens is 385 g/mol. The summed E-state index contributed by atoms with van der Waals surface area (Å²) in [6, 6.07) is -0.342. The van der Waals surface area contributed by atoms with Crippen molar-refractivity contribution in [2.45, 2.75) is 6.04 Å². The zero-order valence-electron chi connectivity index (χ0n) is 11.6. The Bertz CT molecular complexity index is 659.